The molecule has 0 aliphatic carbocycles. The molecule has 0 saturated carbocycles. The van der Waals surface area contributed by atoms with Crippen LogP contribution in [-0.4, -0.2) is 21.3 Å². The van der Waals surface area contributed by atoms with E-state index < -0.39 is 0 Å². The Labute approximate surface area is 108 Å². The number of aromatic nitrogens is 2. The number of aromatic hydroxyl groups is 1. The summed E-state index contributed by atoms with van der Waals surface area (Å²) in [6.07, 6.45) is 0. The average molecular weight is 254 g/mol. The normalized spacial score (nSPS) is 11.9. The summed E-state index contributed by atoms with van der Waals surface area (Å²) in [5, 5.41) is 18.2. The van der Waals surface area contributed by atoms with Crippen LogP contribution in [0.4, 0.5) is 5.69 Å². The van der Waals surface area contributed by atoms with Gasteiger partial charge in [-0.25, -0.2) is 9.62 Å². The van der Waals surface area contributed by atoms with Crippen LogP contribution >= 0.6 is 0 Å². The maximum absolute atomic E-state index is 9.38. The van der Waals surface area contributed by atoms with Crippen molar-refractivity contribution in [1.29, 1.82) is 0 Å². The van der Waals surface area contributed by atoms with Gasteiger partial charge in [0.1, 0.15) is 0 Å². The topological polar surface area (TPSA) is 97.5 Å². The third kappa shape index (κ3) is 1.99. The molecule has 2 aromatic carbocycles. The molecule has 0 fully saturated rings. The van der Waals surface area contributed by atoms with Crippen LogP contribution in [0.3, 0.4) is 0 Å². The highest BCUT2D eigenvalue weighted by Crippen LogP contribution is 2.26. The molecule has 94 valence electrons. The van der Waals surface area contributed by atoms with Gasteiger partial charge in [-0.05, 0) is 21.8 Å². The Morgan fingerprint density at radius 1 is 1.11 bits per heavy atom. The number of amidine groups is 1. The van der Waals surface area contributed by atoms with Gasteiger partial charge in [-0.2, -0.15) is 0 Å². The van der Waals surface area contributed by atoms with Gasteiger partial charge in [-0.15, -0.1) is 0 Å². The van der Waals surface area contributed by atoms with Crippen LogP contribution in [0.1, 0.15) is 5.69 Å². The first kappa shape index (κ1) is 11.2. The van der Waals surface area contributed by atoms with Crippen molar-refractivity contribution in [3.05, 3.63) is 48.2 Å². The van der Waals surface area contributed by atoms with Crippen molar-refractivity contribution in [2.24, 2.45) is 10.7 Å². The molecular weight excluding hydrogens is 244 g/mol. The Morgan fingerprint density at radius 3 is 2.68 bits per heavy atom. The second kappa shape index (κ2) is 4.41. The Hall–Kier alpha value is -2.89. The van der Waals surface area contributed by atoms with Gasteiger partial charge in [0, 0.05) is 5.39 Å². The molecule has 0 radical (unpaired) electrons. The Morgan fingerprint density at radius 2 is 1.89 bits per heavy atom. The minimum Gasteiger partial charge on any atom is -0.489 e. The highest BCUT2D eigenvalue weighted by molar-refractivity contribution is 6.02. The van der Waals surface area contributed by atoms with Crippen molar-refractivity contribution < 1.29 is 9.74 Å². The van der Waals surface area contributed by atoms with Gasteiger partial charge >= 0.3 is 0 Å². The number of benzene rings is 2. The van der Waals surface area contributed by atoms with Crippen molar-refractivity contribution in [1.82, 2.24) is 10.3 Å². The smallest absolute Gasteiger partial charge is 0.284 e. The van der Waals surface area contributed by atoms with Crippen LogP contribution in [0, 0.1) is 0 Å². The summed E-state index contributed by atoms with van der Waals surface area (Å²) >= 11 is 0. The van der Waals surface area contributed by atoms with Gasteiger partial charge in [-0.3, -0.25) is 0 Å². The SMILES string of the molecule is NC(=Nc1cccc2ccccc12)c1nonc1O. The molecule has 0 amide bonds. The minimum atomic E-state index is -0.374. The van der Waals surface area contributed by atoms with E-state index in [9.17, 15) is 5.11 Å². The lowest BCUT2D eigenvalue weighted by molar-refractivity contribution is 0.286. The van der Waals surface area contributed by atoms with Gasteiger partial charge in [0.2, 0.25) is 5.69 Å². The summed E-state index contributed by atoms with van der Waals surface area (Å²) in [5.74, 6) is -0.323. The number of nitrogens with two attached hydrogens (primary N) is 1. The number of rotatable bonds is 2. The van der Waals surface area contributed by atoms with Gasteiger partial charge in [-0.1, -0.05) is 36.4 Å². The van der Waals surface area contributed by atoms with Crippen molar-refractivity contribution in [3.8, 4) is 5.88 Å². The maximum atomic E-state index is 9.38. The number of hydrogen-bond donors (Lipinski definition) is 2. The van der Waals surface area contributed by atoms with Crippen LogP contribution in [0.25, 0.3) is 10.8 Å². The summed E-state index contributed by atoms with van der Waals surface area (Å²) in [4.78, 5) is 4.26. The quantitative estimate of drug-likeness (QED) is 0.538. The molecule has 1 aromatic heterocycles. The lowest BCUT2D eigenvalue weighted by Gasteiger charge is -2.02. The molecule has 0 bridgehead atoms. The predicted octanol–water partition coefficient (Wildman–Crippen LogP) is 1.97. The van der Waals surface area contributed by atoms with Crippen molar-refractivity contribution in [2.75, 3.05) is 0 Å². The first-order valence-electron chi connectivity index (χ1n) is 5.59. The lowest BCUT2D eigenvalue weighted by Crippen LogP contribution is -2.13. The third-order valence-electron chi connectivity index (χ3n) is 2.72. The number of hydrogen-bond acceptors (Lipinski definition) is 5. The van der Waals surface area contributed by atoms with E-state index in [-0.39, 0.29) is 17.4 Å². The molecule has 19 heavy (non-hydrogen) atoms. The second-order valence-corrected chi connectivity index (χ2v) is 3.93. The van der Waals surface area contributed by atoms with Crippen LogP contribution in [0.2, 0.25) is 0 Å². The third-order valence-corrected chi connectivity index (χ3v) is 2.72. The molecule has 0 aliphatic rings. The van der Waals surface area contributed by atoms with Gasteiger partial charge < -0.3 is 10.8 Å². The Bertz CT molecular complexity index is 759. The molecule has 0 spiro atoms. The number of fused-ring (bicyclic) bond motifs is 1. The molecule has 0 unspecified atom stereocenters. The molecule has 0 atom stereocenters. The van der Waals surface area contributed by atoms with Crippen molar-refractivity contribution in [3.63, 3.8) is 0 Å². The second-order valence-electron chi connectivity index (χ2n) is 3.93. The Balaban J connectivity index is 2.13. The molecule has 0 aliphatic heterocycles. The molecule has 6 heteroatoms. The number of aliphatic imine (C=N–C) groups is 1. The minimum absolute atomic E-state index is 0.0351. The van der Waals surface area contributed by atoms with E-state index in [0.29, 0.717) is 5.69 Å². The fourth-order valence-corrected chi connectivity index (χ4v) is 1.83. The highest BCUT2D eigenvalue weighted by Gasteiger charge is 2.12. The standard InChI is InChI=1S/C13H10N4O2/c14-12(11-13(18)17-19-16-11)15-10-7-3-5-8-4-1-2-6-9(8)10/h1-7H,(H2,14,15)(H,17,18). The summed E-state index contributed by atoms with van der Waals surface area (Å²) < 4.78 is 4.38. The molecule has 6 nitrogen and oxygen atoms in total. The molecule has 1 heterocycles. The zero-order valence-corrected chi connectivity index (χ0v) is 9.82. The fraction of sp³-hybridized carbons (Fsp3) is 0. The van der Waals surface area contributed by atoms with E-state index in [0.717, 1.165) is 10.8 Å². The largest absolute Gasteiger partial charge is 0.489 e. The van der Waals surface area contributed by atoms with E-state index in [4.69, 9.17) is 5.73 Å². The van der Waals surface area contributed by atoms with Crippen LogP contribution < -0.4 is 5.73 Å². The van der Waals surface area contributed by atoms with E-state index in [1.807, 2.05) is 42.5 Å². The lowest BCUT2D eigenvalue weighted by atomic mass is 10.1. The predicted molar refractivity (Wildman–Crippen MR) is 70.3 cm³/mol. The summed E-state index contributed by atoms with van der Waals surface area (Å²) in [6.45, 7) is 0. The number of nitrogens with zero attached hydrogens (tertiary/aromatic N) is 3. The van der Waals surface area contributed by atoms with E-state index in [2.05, 4.69) is 19.9 Å². The average Bonchev–Trinajstić information content (AvgIpc) is 2.85. The summed E-state index contributed by atoms with van der Waals surface area (Å²) in [6, 6.07) is 13.5. The summed E-state index contributed by atoms with van der Waals surface area (Å²) in [5.41, 5.74) is 6.52. The van der Waals surface area contributed by atoms with Crippen molar-refractivity contribution >= 4 is 22.3 Å². The molecule has 3 rings (SSSR count). The van der Waals surface area contributed by atoms with Crippen LogP contribution in [0.15, 0.2) is 52.1 Å². The fourth-order valence-electron chi connectivity index (χ4n) is 1.83. The van der Waals surface area contributed by atoms with Crippen molar-refractivity contribution in [2.45, 2.75) is 0 Å². The first-order valence-corrected chi connectivity index (χ1v) is 5.59. The maximum Gasteiger partial charge on any atom is 0.284 e. The molecule has 3 aromatic rings. The molecular formula is C13H10N4O2. The molecule has 3 N–H and O–H groups in total. The highest BCUT2D eigenvalue weighted by atomic mass is 16.6. The van der Waals surface area contributed by atoms with E-state index in [1.165, 1.54) is 0 Å². The van der Waals surface area contributed by atoms with Gasteiger partial charge in [0.25, 0.3) is 5.88 Å². The first-order chi connectivity index (χ1) is 9.25. The zero-order valence-electron chi connectivity index (χ0n) is 9.82. The van der Waals surface area contributed by atoms with E-state index >= 15 is 0 Å². The molecule has 0 saturated heterocycles. The van der Waals surface area contributed by atoms with Gasteiger partial charge in [0.15, 0.2) is 5.84 Å². The Kier molecular flexibility index (Phi) is 2.60. The monoisotopic (exact) mass is 254 g/mol. The van der Waals surface area contributed by atoms with E-state index in [1.54, 1.807) is 0 Å². The van der Waals surface area contributed by atoms with Crippen LogP contribution in [0.5, 0.6) is 5.88 Å². The van der Waals surface area contributed by atoms with Gasteiger partial charge in [0.05, 0.1) is 5.69 Å². The zero-order chi connectivity index (χ0) is 13.2. The van der Waals surface area contributed by atoms with Crippen LogP contribution in [-0.2, 0) is 0 Å². The summed E-state index contributed by atoms with van der Waals surface area (Å²) in [7, 11) is 0.